The molecule has 25 heavy (non-hydrogen) atoms. The number of benzene rings is 1. The first-order valence-corrected chi connectivity index (χ1v) is 10.4. The second-order valence-electron chi connectivity index (χ2n) is 8.80. The first-order chi connectivity index (χ1) is 12.0. The van der Waals surface area contributed by atoms with Crippen LogP contribution in [0.3, 0.4) is 0 Å². The molecule has 0 aromatic heterocycles. The summed E-state index contributed by atoms with van der Waals surface area (Å²) < 4.78 is 0. The third-order valence-corrected chi connectivity index (χ3v) is 5.59. The van der Waals surface area contributed by atoms with E-state index in [2.05, 4.69) is 68.9 Å². The maximum Gasteiger partial charge on any atom is 0.0237 e. The Bertz CT molecular complexity index is 479. The molecule has 1 aliphatic carbocycles. The van der Waals surface area contributed by atoms with Crippen LogP contribution in [0, 0.1) is 11.8 Å². The van der Waals surface area contributed by atoms with E-state index < -0.39 is 0 Å². The third kappa shape index (κ3) is 7.11. The summed E-state index contributed by atoms with van der Waals surface area (Å²) in [4.78, 5) is 5.18. The van der Waals surface area contributed by atoms with E-state index in [0.717, 1.165) is 24.8 Å². The molecule has 0 radical (unpaired) electrons. The molecule has 0 aliphatic heterocycles. The highest BCUT2D eigenvalue weighted by Gasteiger charge is 2.25. The molecule has 1 atom stereocenters. The zero-order chi connectivity index (χ0) is 18.2. The van der Waals surface area contributed by atoms with Crippen LogP contribution in [0.25, 0.3) is 0 Å². The van der Waals surface area contributed by atoms with Crippen molar-refractivity contribution in [3.05, 3.63) is 35.4 Å². The summed E-state index contributed by atoms with van der Waals surface area (Å²) in [5.74, 6) is 1.66. The minimum Gasteiger partial charge on any atom is -0.308 e. The predicted molar refractivity (Wildman–Crippen MR) is 110 cm³/mol. The van der Waals surface area contributed by atoms with Crippen molar-refractivity contribution in [2.45, 2.75) is 71.9 Å². The molecule has 1 saturated carbocycles. The second-order valence-corrected chi connectivity index (χ2v) is 8.80. The zero-order valence-corrected chi connectivity index (χ0v) is 17.3. The molecule has 0 N–H and O–H groups in total. The first kappa shape index (κ1) is 20.5. The molecule has 0 bridgehead atoms. The van der Waals surface area contributed by atoms with Crippen molar-refractivity contribution in [3.63, 3.8) is 0 Å². The molecule has 2 rings (SSSR count). The molecule has 0 heterocycles. The summed E-state index contributed by atoms with van der Waals surface area (Å²) in [5, 5.41) is 0. The van der Waals surface area contributed by atoms with Crippen LogP contribution in [0.4, 0.5) is 0 Å². The number of aryl methyl sites for hydroxylation is 1. The SMILES string of the molecule is CCc1cccc(CN(CC2CCCC2)[C@@H](CC(C)C)CN(C)C)c1. The summed E-state index contributed by atoms with van der Waals surface area (Å²) in [6.07, 6.45) is 8.16. The maximum atomic E-state index is 2.81. The summed E-state index contributed by atoms with van der Waals surface area (Å²) >= 11 is 0. The number of likely N-dealkylation sites (N-methyl/N-ethyl adjacent to an activating group) is 1. The van der Waals surface area contributed by atoms with E-state index in [1.807, 2.05) is 0 Å². The number of rotatable bonds is 10. The van der Waals surface area contributed by atoms with E-state index in [4.69, 9.17) is 0 Å². The average molecular weight is 345 g/mol. The number of hydrogen-bond acceptors (Lipinski definition) is 2. The Morgan fingerprint density at radius 3 is 2.36 bits per heavy atom. The highest BCUT2D eigenvalue weighted by atomic mass is 15.2. The van der Waals surface area contributed by atoms with E-state index in [1.54, 1.807) is 0 Å². The van der Waals surface area contributed by atoms with Crippen LogP contribution in [-0.2, 0) is 13.0 Å². The topological polar surface area (TPSA) is 6.48 Å². The zero-order valence-electron chi connectivity index (χ0n) is 17.3. The fourth-order valence-electron chi connectivity index (χ4n) is 4.35. The van der Waals surface area contributed by atoms with Crippen LogP contribution in [0.2, 0.25) is 0 Å². The van der Waals surface area contributed by atoms with Crippen molar-refractivity contribution in [1.82, 2.24) is 9.80 Å². The lowest BCUT2D eigenvalue weighted by atomic mass is 9.98. The van der Waals surface area contributed by atoms with Gasteiger partial charge in [0.05, 0.1) is 0 Å². The Kier molecular flexibility index (Phi) is 8.45. The van der Waals surface area contributed by atoms with Crippen molar-refractivity contribution >= 4 is 0 Å². The van der Waals surface area contributed by atoms with Gasteiger partial charge in [-0.15, -0.1) is 0 Å². The molecule has 0 amide bonds. The Balaban J connectivity index is 2.16. The van der Waals surface area contributed by atoms with Crippen LogP contribution >= 0.6 is 0 Å². The van der Waals surface area contributed by atoms with Crippen molar-refractivity contribution in [3.8, 4) is 0 Å². The van der Waals surface area contributed by atoms with Gasteiger partial charge in [0.25, 0.3) is 0 Å². The molecule has 142 valence electrons. The van der Waals surface area contributed by atoms with Gasteiger partial charge in [0, 0.05) is 25.7 Å². The fraction of sp³-hybridized carbons (Fsp3) is 0.739. The van der Waals surface area contributed by atoms with Crippen LogP contribution < -0.4 is 0 Å². The van der Waals surface area contributed by atoms with Crippen molar-refractivity contribution in [2.75, 3.05) is 27.2 Å². The third-order valence-electron chi connectivity index (χ3n) is 5.59. The summed E-state index contributed by atoms with van der Waals surface area (Å²) in [7, 11) is 4.44. The van der Waals surface area contributed by atoms with Crippen molar-refractivity contribution in [2.24, 2.45) is 11.8 Å². The molecule has 0 unspecified atom stereocenters. The molecule has 2 heteroatoms. The minimum absolute atomic E-state index is 0.654. The molecule has 0 saturated heterocycles. The van der Waals surface area contributed by atoms with Crippen LogP contribution in [0.1, 0.15) is 64.0 Å². The van der Waals surface area contributed by atoms with Crippen LogP contribution in [-0.4, -0.2) is 43.0 Å². The van der Waals surface area contributed by atoms with Gasteiger partial charge in [-0.2, -0.15) is 0 Å². The highest BCUT2D eigenvalue weighted by molar-refractivity contribution is 5.23. The lowest BCUT2D eigenvalue weighted by Crippen LogP contribution is -2.44. The van der Waals surface area contributed by atoms with Gasteiger partial charge < -0.3 is 4.90 Å². The van der Waals surface area contributed by atoms with Gasteiger partial charge in [0.15, 0.2) is 0 Å². The quantitative estimate of drug-likeness (QED) is 0.574. The molecule has 0 spiro atoms. The van der Waals surface area contributed by atoms with Gasteiger partial charge in [-0.3, -0.25) is 4.90 Å². The Labute approximate surface area is 156 Å². The fourth-order valence-corrected chi connectivity index (χ4v) is 4.35. The largest absolute Gasteiger partial charge is 0.308 e. The minimum atomic E-state index is 0.654. The first-order valence-electron chi connectivity index (χ1n) is 10.4. The van der Waals surface area contributed by atoms with Gasteiger partial charge >= 0.3 is 0 Å². The van der Waals surface area contributed by atoms with Gasteiger partial charge in [0.1, 0.15) is 0 Å². The van der Waals surface area contributed by atoms with Gasteiger partial charge in [-0.25, -0.2) is 0 Å². The molecule has 1 aliphatic rings. The van der Waals surface area contributed by atoms with Gasteiger partial charge in [-0.1, -0.05) is 57.9 Å². The Hall–Kier alpha value is -0.860. The molecule has 1 aromatic carbocycles. The van der Waals surface area contributed by atoms with E-state index in [1.165, 1.54) is 56.3 Å². The summed E-state index contributed by atoms with van der Waals surface area (Å²) in [6.45, 7) is 10.5. The smallest absolute Gasteiger partial charge is 0.0237 e. The maximum absolute atomic E-state index is 2.81. The number of nitrogens with zero attached hydrogens (tertiary/aromatic N) is 2. The van der Waals surface area contributed by atoms with E-state index in [0.29, 0.717) is 6.04 Å². The lowest BCUT2D eigenvalue weighted by Gasteiger charge is -2.36. The molecule has 1 fully saturated rings. The lowest BCUT2D eigenvalue weighted by molar-refractivity contribution is 0.115. The second kappa shape index (κ2) is 10.3. The Morgan fingerprint density at radius 1 is 1.08 bits per heavy atom. The average Bonchev–Trinajstić information content (AvgIpc) is 3.06. The summed E-state index contributed by atoms with van der Waals surface area (Å²) in [5.41, 5.74) is 2.95. The van der Waals surface area contributed by atoms with Gasteiger partial charge in [0.2, 0.25) is 0 Å². The molecular weight excluding hydrogens is 304 g/mol. The Morgan fingerprint density at radius 2 is 1.76 bits per heavy atom. The van der Waals surface area contributed by atoms with Crippen LogP contribution in [0.15, 0.2) is 24.3 Å². The van der Waals surface area contributed by atoms with E-state index in [-0.39, 0.29) is 0 Å². The highest BCUT2D eigenvalue weighted by Crippen LogP contribution is 2.28. The van der Waals surface area contributed by atoms with Crippen molar-refractivity contribution < 1.29 is 0 Å². The molecule has 1 aromatic rings. The number of hydrogen-bond donors (Lipinski definition) is 0. The predicted octanol–water partition coefficient (Wildman–Crippen LogP) is 5.22. The molecule has 2 nitrogen and oxygen atoms in total. The monoisotopic (exact) mass is 344 g/mol. The van der Waals surface area contributed by atoms with Gasteiger partial charge in [-0.05, 0) is 62.7 Å². The summed E-state index contributed by atoms with van der Waals surface area (Å²) in [6, 6.07) is 9.90. The normalized spacial score (nSPS) is 17.1. The molecular formula is C23H40N2. The van der Waals surface area contributed by atoms with Crippen molar-refractivity contribution in [1.29, 1.82) is 0 Å². The van der Waals surface area contributed by atoms with E-state index >= 15 is 0 Å². The van der Waals surface area contributed by atoms with E-state index in [9.17, 15) is 0 Å². The standard InChI is InChI=1S/C23H40N2/c1-6-20-12-9-13-22(15-20)17-25(16-21-10-7-8-11-21)23(14-19(2)3)18-24(4)5/h9,12-13,15,19,21,23H,6-8,10-11,14,16-18H2,1-5H3/t23-/m0/s1. The van der Waals surface area contributed by atoms with Crippen LogP contribution in [0.5, 0.6) is 0 Å².